The van der Waals surface area contributed by atoms with Crippen LogP contribution in [-0.4, -0.2) is 5.84 Å². The molecule has 0 unspecified atom stereocenters. The molecule has 5 heteroatoms. The largest absolute Gasteiger partial charge is 0.488 e. The van der Waals surface area contributed by atoms with E-state index in [1.165, 1.54) is 0 Å². The van der Waals surface area contributed by atoms with Gasteiger partial charge in [-0.2, -0.15) is 11.3 Å². The summed E-state index contributed by atoms with van der Waals surface area (Å²) in [5.74, 6) is 0.451. The number of nitrogens with two attached hydrogens (primary N) is 1. The normalized spacial score (nSPS) is 10.2. The van der Waals surface area contributed by atoms with E-state index in [1.54, 1.807) is 29.5 Å². The molecule has 0 saturated heterocycles. The SMILES string of the molecule is N=C(N)c1c(Cl)cccc1OCc1ccsc1. The van der Waals surface area contributed by atoms with E-state index in [0.29, 0.717) is 22.9 Å². The summed E-state index contributed by atoms with van der Waals surface area (Å²) in [6.07, 6.45) is 0. The van der Waals surface area contributed by atoms with Gasteiger partial charge in [0.2, 0.25) is 0 Å². The molecule has 17 heavy (non-hydrogen) atoms. The third kappa shape index (κ3) is 2.78. The topological polar surface area (TPSA) is 59.1 Å². The van der Waals surface area contributed by atoms with Crippen LogP contribution in [0.15, 0.2) is 35.0 Å². The van der Waals surface area contributed by atoms with Crippen LogP contribution < -0.4 is 10.5 Å². The molecule has 0 spiro atoms. The number of ether oxygens (including phenoxy) is 1. The van der Waals surface area contributed by atoms with Gasteiger partial charge in [-0.25, -0.2) is 0 Å². The van der Waals surface area contributed by atoms with E-state index in [4.69, 9.17) is 27.5 Å². The Labute approximate surface area is 108 Å². The van der Waals surface area contributed by atoms with Gasteiger partial charge in [0.15, 0.2) is 0 Å². The molecule has 2 aromatic rings. The van der Waals surface area contributed by atoms with Crippen molar-refractivity contribution in [2.45, 2.75) is 6.61 Å². The van der Waals surface area contributed by atoms with Crippen LogP contribution in [0.2, 0.25) is 5.02 Å². The summed E-state index contributed by atoms with van der Waals surface area (Å²) in [5.41, 5.74) is 7.02. The summed E-state index contributed by atoms with van der Waals surface area (Å²) in [7, 11) is 0. The predicted octanol–water partition coefficient (Wildman–Crippen LogP) is 3.26. The van der Waals surface area contributed by atoms with Gasteiger partial charge in [-0.15, -0.1) is 0 Å². The molecule has 88 valence electrons. The van der Waals surface area contributed by atoms with Gasteiger partial charge < -0.3 is 10.5 Å². The van der Waals surface area contributed by atoms with Gasteiger partial charge >= 0.3 is 0 Å². The van der Waals surface area contributed by atoms with E-state index in [2.05, 4.69) is 0 Å². The highest BCUT2D eigenvalue weighted by Crippen LogP contribution is 2.26. The maximum absolute atomic E-state index is 7.49. The van der Waals surface area contributed by atoms with Crippen molar-refractivity contribution < 1.29 is 4.74 Å². The number of benzene rings is 1. The molecule has 0 atom stereocenters. The Morgan fingerprint density at radius 2 is 2.24 bits per heavy atom. The number of hydrogen-bond donors (Lipinski definition) is 2. The Morgan fingerprint density at radius 1 is 1.41 bits per heavy atom. The van der Waals surface area contributed by atoms with Crippen molar-refractivity contribution in [3.63, 3.8) is 0 Å². The number of nitrogens with one attached hydrogen (secondary N) is 1. The summed E-state index contributed by atoms with van der Waals surface area (Å²) in [6.45, 7) is 0.449. The van der Waals surface area contributed by atoms with E-state index < -0.39 is 0 Å². The van der Waals surface area contributed by atoms with Crippen LogP contribution in [0.1, 0.15) is 11.1 Å². The highest BCUT2D eigenvalue weighted by molar-refractivity contribution is 7.07. The minimum Gasteiger partial charge on any atom is -0.488 e. The lowest BCUT2D eigenvalue weighted by Crippen LogP contribution is -2.13. The number of rotatable bonds is 4. The van der Waals surface area contributed by atoms with Gasteiger partial charge in [0.05, 0.1) is 10.6 Å². The van der Waals surface area contributed by atoms with Gasteiger partial charge in [-0.05, 0) is 34.5 Å². The summed E-state index contributed by atoms with van der Waals surface area (Å²) in [6, 6.07) is 7.21. The first kappa shape index (κ1) is 12.0. The molecule has 0 aliphatic carbocycles. The van der Waals surface area contributed by atoms with Crippen LogP contribution in [0.25, 0.3) is 0 Å². The molecule has 2 rings (SSSR count). The van der Waals surface area contributed by atoms with Gasteiger partial charge in [0, 0.05) is 0 Å². The fourth-order valence-corrected chi connectivity index (χ4v) is 2.34. The fourth-order valence-electron chi connectivity index (χ4n) is 1.42. The Balaban J connectivity index is 2.21. The van der Waals surface area contributed by atoms with Crippen LogP contribution >= 0.6 is 22.9 Å². The minimum atomic E-state index is -0.0871. The standard InChI is InChI=1S/C12H11ClN2OS/c13-9-2-1-3-10(11(9)12(14)15)16-6-8-4-5-17-7-8/h1-5,7H,6H2,(H3,14,15). The number of amidine groups is 1. The van der Waals surface area contributed by atoms with E-state index in [0.717, 1.165) is 5.56 Å². The fraction of sp³-hybridized carbons (Fsp3) is 0.0833. The Hall–Kier alpha value is -1.52. The summed E-state index contributed by atoms with van der Waals surface area (Å²) >= 11 is 7.60. The lowest BCUT2D eigenvalue weighted by molar-refractivity contribution is 0.306. The lowest BCUT2D eigenvalue weighted by Gasteiger charge is -2.11. The maximum atomic E-state index is 7.49. The van der Waals surface area contributed by atoms with Crippen LogP contribution in [0, 0.1) is 5.41 Å². The van der Waals surface area contributed by atoms with Crippen molar-refractivity contribution in [3.8, 4) is 5.75 Å². The van der Waals surface area contributed by atoms with Crippen LogP contribution in [0.5, 0.6) is 5.75 Å². The summed E-state index contributed by atoms with van der Waals surface area (Å²) in [5, 5.41) is 11.9. The predicted molar refractivity (Wildman–Crippen MR) is 71.1 cm³/mol. The molecular weight excluding hydrogens is 256 g/mol. The molecule has 1 aromatic heterocycles. The number of hydrogen-bond acceptors (Lipinski definition) is 3. The Kier molecular flexibility index (Phi) is 3.66. The first-order valence-electron chi connectivity index (χ1n) is 4.95. The molecule has 1 heterocycles. The number of halogens is 1. The average molecular weight is 267 g/mol. The van der Waals surface area contributed by atoms with Crippen LogP contribution in [0.3, 0.4) is 0 Å². The molecule has 0 amide bonds. The molecule has 3 nitrogen and oxygen atoms in total. The van der Waals surface area contributed by atoms with Crippen molar-refractivity contribution in [1.29, 1.82) is 5.41 Å². The summed E-state index contributed by atoms with van der Waals surface area (Å²) in [4.78, 5) is 0. The number of thiophene rings is 1. The van der Waals surface area contributed by atoms with Crippen LogP contribution in [-0.2, 0) is 6.61 Å². The van der Waals surface area contributed by atoms with Crippen molar-refractivity contribution in [1.82, 2.24) is 0 Å². The van der Waals surface area contributed by atoms with E-state index in [1.807, 2.05) is 16.8 Å². The number of nitrogen functional groups attached to an aromatic ring is 1. The minimum absolute atomic E-state index is 0.0871. The second kappa shape index (κ2) is 5.21. The summed E-state index contributed by atoms with van der Waals surface area (Å²) < 4.78 is 5.63. The van der Waals surface area contributed by atoms with Gasteiger partial charge in [-0.3, -0.25) is 5.41 Å². The molecular formula is C12H11ClN2OS. The van der Waals surface area contributed by atoms with Crippen molar-refractivity contribution in [3.05, 3.63) is 51.2 Å². The first-order chi connectivity index (χ1) is 8.18. The van der Waals surface area contributed by atoms with Gasteiger partial charge in [0.1, 0.15) is 18.2 Å². The quantitative estimate of drug-likeness (QED) is 0.659. The van der Waals surface area contributed by atoms with Crippen molar-refractivity contribution in [2.24, 2.45) is 5.73 Å². The third-order valence-corrected chi connectivity index (χ3v) is 3.27. The maximum Gasteiger partial charge on any atom is 0.132 e. The molecule has 0 aliphatic heterocycles. The molecule has 1 aromatic carbocycles. The Morgan fingerprint density at radius 3 is 2.88 bits per heavy atom. The smallest absolute Gasteiger partial charge is 0.132 e. The van der Waals surface area contributed by atoms with Gasteiger partial charge in [-0.1, -0.05) is 17.7 Å². The lowest BCUT2D eigenvalue weighted by atomic mass is 10.2. The second-order valence-corrected chi connectivity index (χ2v) is 4.63. The zero-order chi connectivity index (χ0) is 12.3. The van der Waals surface area contributed by atoms with Crippen LogP contribution in [0.4, 0.5) is 0 Å². The van der Waals surface area contributed by atoms with Gasteiger partial charge in [0.25, 0.3) is 0 Å². The zero-order valence-corrected chi connectivity index (χ0v) is 10.5. The third-order valence-electron chi connectivity index (χ3n) is 2.22. The highest BCUT2D eigenvalue weighted by Gasteiger charge is 2.11. The van der Waals surface area contributed by atoms with Crippen molar-refractivity contribution >= 4 is 28.8 Å². The molecule has 3 N–H and O–H groups in total. The molecule has 0 radical (unpaired) electrons. The molecule has 0 bridgehead atoms. The highest BCUT2D eigenvalue weighted by atomic mass is 35.5. The van der Waals surface area contributed by atoms with E-state index in [-0.39, 0.29) is 5.84 Å². The first-order valence-corrected chi connectivity index (χ1v) is 6.27. The second-order valence-electron chi connectivity index (χ2n) is 3.45. The van der Waals surface area contributed by atoms with E-state index >= 15 is 0 Å². The zero-order valence-electron chi connectivity index (χ0n) is 8.94. The Bertz CT molecular complexity index is 525. The monoisotopic (exact) mass is 266 g/mol. The molecule has 0 fully saturated rings. The van der Waals surface area contributed by atoms with Crippen molar-refractivity contribution in [2.75, 3.05) is 0 Å². The molecule has 0 saturated carbocycles. The average Bonchev–Trinajstić information content (AvgIpc) is 2.78. The molecule has 0 aliphatic rings. The van der Waals surface area contributed by atoms with E-state index in [9.17, 15) is 0 Å².